The highest BCUT2D eigenvalue weighted by molar-refractivity contribution is 14.1. The van der Waals surface area contributed by atoms with E-state index in [1.807, 2.05) is 105 Å². The molecule has 9 aromatic rings. The first-order chi connectivity index (χ1) is 39.9. The summed E-state index contributed by atoms with van der Waals surface area (Å²) in [7, 11) is 6.51. The van der Waals surface area contributed by atoms with Crippen LogP contribution in [-0.2, 0) is 19.6 Å². The van der Waals surface area contributed by atoms with Gasteiger partial charge in [-0.15, -0.1) is 30.6 Å². The fourth-order valence-electron chi connectivity index (χ4n) is 10.6. The third kappa shape index (κ3) is 13.4. The highest BCUT2D eigenvalue weighted by atomic mass is 127. The number of hydrogen-bond acceptors (Lipinski definition) is 15. The molecule has 6 aromatic heterocycles. The van der Waals surface area contributed by atoms with Crippen molar-refractivity contribution >= 4 is 96.1 Å². The van der Waals surface area contributed by atoms with E-state index in [4.69, 9.17) is 39.9 Å². The fraction of sp³-hybridized carbons (Fsp3) is 0.383. The molecule has 0 amide bonds. The molecule has 426 valence electrons. The standard InChI is InChI=1S/C24H27ClN6.C18H20ClIN6.C18H21ClN6/c1-17-8-9-19(16-17)22-20-21(25)23(18-6-4-3-5-7-18)26-27-24(20)31(28-22)15-14-30-12-10-29(2)11-13-30;1-24-7-9-25(10-8-24)11-12-26-18-14(17(20)23-26)15(19)16(21-22-18)13-5-3-2-4-6-13;1-23-7-9-24(10-8-23)11-12-25-18-15(13-20-25)16(19)17(21-22-18)14-5-3-2-4-6-14/h3-9,16-17H,10-15H2,1-2H3;2-6H,7-12H2,1H3;2-6,13H,7-12H2,1H3. The molecule has 18 nitrogen and oxygen atoms in total. The lowest BCUT2D eigenvalue weighted by Crippen LogP contribution is -2.45. The van der Waals surface area contributed by atoms with Crippen LogP contribution in [0.2, 0.25) is 15.1 Å². The van der Waals surface area contributed by atoms with E-state index in [-0.39, 0.29) is 0 Å². The maximum absolute atomic E-state index is 6.95. The van der Waals surface area contributed by atoms with Gasteiger partial charge in [-0.2, -0.15) is 15.3 Å². The lowest BCUT2D eigenvalue weighted by molar-refractivity contribution is 0.149. The summed E-state index contributed by atoms with van der Waals surface area (Å²) in [4.78, 5) is 14.5. The quantitative estimate of drug-likeness (QED) is 0.101. The maximum atomic E-state index is 6.95. The van der Waals surface area contributed by atoms with Gasteiger partial charge in [0, 0.05) is 115 Å². The second-order valence-corrected chi connectivity index (χ2v) is 23.7. The predicted octanol–water partition coefficient (Wildman–Crippen LogP) is 9.38. The van der Waals surface area contributed by atoms with Crippen molar-refractivity contribution in [3.05, 3.63) is 140 Å². The molecule has 13 rings (SSSR count). The summed E-state index contributed by atoms with van der Waals surface area (Å²) in [6.07, 6.45) is 8.34. The molecule has 0 radical (unpaired) electrons. The van der Waals surface area contributed by atoms with Crippen molar-refractivity contribution in [3.63, 3.8) is 0 Å². The lowest BCUT2D eigenvalue weighted by Gasteiger charge is -2.32. The zero-order valence-corrected chi connectivity index (χ0v) is 51.3. The van der Waals surface area contributed by atoms with Crippen LogP contribution in [0.3, 0.4) is 0 Å². The van der Waals surface area contributed by atoms with E-state index in [9.17, 15) is 0 Å². The second kappa shape index (κ2) is 26.8. The molecule has 4 aliphatic rings. The number of likely N-dealkylation sites (N-methyl/N-ethyl adjacent to an activating group) is 3. The Kier molecular flexibility index (Phi) is 18.9. The van der Waals surface area contributed by atoms with Gasteiger partial charge in [0.1, 0.15) is 26.5 Å². The maximum Gasteiger partial charge on any atom is 0.183 e. The van der Waals surface area contributed by atoms with Gasteiger partial charge < -0.3 is 14.7 Å². The number of nitrogens with zero attached hydrogens (tertiary/aromatic N) is 18. The Morgan fingerprint density at radius 1 is 0.451 bits per heavy atom. The topological polar surface area (TPSA) is 150 Å². The smallest absolute Gasteiger partial charge is 0.183 e. The Balaban J connectivity index is 0.000000130. The molecule has 0 saturated carbocycles. The Morgan fingerprint density at radius 3 is 1.30 bits per heavy atom. The summed E-state index contributed by atoms with van der Waals surface area (Å²) in [5, 5.41) is 45.3. The summed E-state index contributed by atoms with van der Waals surface area (Å²) in [5.74, 6) is 0.391. The number of aromatic nitrogens is 12. The lowest BCUT2D eigenvalue weighted by atomic mass is 10.1. The minimum Gasteiger partial charge on any atom is -0.304 e. The molecule has 3 aromatic carbocycles. The third-order valence-corrected chi connectivity index (χ3v) is 17.6. The molecule has 3 fully saturated rings. The molecule has 0 bridgehead atoms. The number of benzene rings is 3. The number of rotatable bonds is 13. The first kappa shape index (κ1) is 57.9. The fourth-order valence-corrected chi connectivity index (χ4v) is 12.5. The number of halogens is 4. The van der Waals surface area contributed by atoms with Gasteiger partial charge in [-0.25, -0.2) is 14.0 Å². The Bertz CT molecular complexity index is 3660. The summed E-state index contributed by atoms with van der Waals surface area (Å²) in [6, 6.07) is 29.8. The SMILES string of the molecule is CC1C=CC(c2nn(CCN3CCN(C)CC3)c3nnc(-c4ccccc4)c(Cl)c23)=C1.CN1CCN(CCn2nc(I)c3c(Cl)c(-c4ccccc4)nnc32)CC1.CN1CCN(CCn2ncc3c(Cl)c(-c4ccccc4)nnc32)CC1. The van der Waals surface area contributed by atoms with E-state index < -0.39 is 0 Å². The normalized spacial score (nSPS) is 17.8. The van der Waals surface area contributed by atoms with E-state index in [0.717, 1.165) is 183 Å². The van der Waals surface area contributed by atoms with Crippen LogP contribution >= 0.6 is 57.4 Å². The van der Waals surface area contributed by atoms with E-state index in [0.29, 0.717) is 38.1 Å². The van der Waals surface area contributed by atoms with Crippen LogP contribution in [0.15, 0.2) is 115 Å². The van der Waals surface area contributed by atoms with E-state index in [2.05, 4.69) is 139 Å². The van der Waals surface area contributed by atoms with Crippen LogP contribution in [0, 0.1) is 9.62 Å². The van der Waals surface area contributed by atoms with Gasteiger partial charge >= 0.3 is 0 Å². The van der Waals surface area contributed by atoms with E-state index in [1.54, 1.807) is 6.20 Å². The van der Waals surface area contributed by atoms with Crippen molar-refractivity contribution in [1.29, 1.82) is 0 Å². The van der Waals surface area contributed by atoms with Crippen LogP contribution < -0.4 is 0 Å². The van der Waals surface area contributed by atoms with Crippen molar-refractivity contribution in [3.8, 4) is 33.8 Å². The van der Waals surface area contributed by atoms with Crippen LogP contribution in [0.5, 0.6) is 0 Å². The summed E-state index contributed by atoms with van der Waals surface area (Å²) < 4.78 is 6.69. The first-order valence-electron chi connectivity index (χ1n) is 28.1. The van der Waals surface area contributed by atoms with Gasteiger partial charge in [0.2, 0.25) is 0 Å². The zero-order valence-electron chi connectivity index (χ0n) is 46.8. The molecular formula is C60H68Cl3IN18. The summed E-state index contributed by atoms with van der Waals surface area (Å²) >= 11 is 22.4. The molecule has 1 atom stereocenters. The summed E-state index contributed by atoms with van der Waals surface area (Å²) in [5.41, 5.74) is 9.25. The van der Waals surface area contributed by atoms with Gasteiger partial charge in [0.05, 0.1) is 57.1 Å². The van der Waals surface area contributed by atoms with Crippen molar-refractivity contribution in [2.24, 2.45) is 5.92 Å². The molecule has 82 heavy (non-hydrogen) atoms. The van der Waals surface area contributed by atoms with Crippen LogP contribution in [-0.4, -0.2) is 209 Å². The van der Waals surface area contributed by atoms with Gasteiger partial charge in [-0.05, 0) is 55.2 Å². The van der Waals surface area contributed by atoms with Crippen molar-refractivity contribution < 1.29 is 0 Å². The van der Waals surface area contributed by atoms with Crippen molar-refractivity contribution in [1.82, 2.24) is 89.3 Å². The number of hydrogen-bond donors (Lipinski definition) is 0. The van der Waals surface area contributed by atoms with Gasteiger partial charge in [0.15, 0.2) is 16.9 Å². The molecule has 22 heteroatoms. The second-order valence-electron chi connectivity index (χ2n) is 21.5. The number of allylic oxidation sites excluding steroid dienone is 4. The van der Waals surface area contributed by atoms with Crippen LogP contribution in [0.25, 0.3) is 72.4 Å². The molecule has 3 saturated heterocycles. The van der Waals surface area contributed by atoms with E-state index in [1.165, 1.54) is 0 Å². The van der Waals surface area contributed by atoms with Crippen LogP contribution in [0.1, 0.15) is 12.6 Å². The minimum atomic E-state index is 0.391. The average molecular weight is 1270 g/mol. The molecule has 9 heterocycles. The summed E-state index contributed by atoms with van der Waals surface area (Å²) in [6.45, 7) is 20.6. The molecule has 0 spiro atoms. The molecule has 1 aliphatic carbocycles. The first-order valence-corrected chi connectivity index (χ1v) is 30.3. The Labute approximate surface area is 507 Å². The molecule has 1 unspecified atom stereocenters. The van der Waals surface area contributed by atoms with Crippen molar-refractivity contribution in [2.75, 3.05) is 119 Å². The number of fused-ring (bicyclic) bond motifs is 3. The minimum absolute atomic E-state index is 0.391. The van der Waals surface area contributed by atoms with Gasteiger partial charge in [-0.1, -0.05) is 151 Å². The number of piperazine rings is 3. The van der Waals surface area contributed by atoms with Crippen LogP contribution in [0.4, 0.5) is 0 Å². The molecule has 0 N–H and O–H groups in total. The highest BCUT2D eigenvalue weighted by Gasteiger charge is 2.25. The van der Waals surface area contributed by atoms with Gasteiger partial charge in [-0.3, -0.25) is 14.7 Å². The predicted molar refractivity (Wildman–Crippen MR) is 338 cm³/mol. The Morgan fingerprint density at radius 2 is 0.854 bits per heavy atom. The average Bonchev–Trinajstić information content (AvgIpc) is 4.51. The zero-order chi connectivity index (χ0) is 56.7. The Hall–Kier alpha value is -5.85. The monoisotopic (exact) mass is 1270 g/mol. The molecular weight excluding hydrogens is 1210 g/mol. The largest absolute Gasteiger partial charge is 0.304 e. The van der Waals surface area contributed by atoms with E-state index >= 15 is 0 Å². The van der Waals surface area contributed by atoms with Gasteiger partial charge in [0.25, 0.3) is 0 Å². The molecule has 3 aliphatic heterocycles. The van der Waals surface area contributed by atoms with Crippen molar-refractivity contribution in [2.45, 2.75) is 26.6 Å². The highest BCUT2D eigenvalue weighted by Crippen LogP contribution is 2.38. The third-order valence-electron chi connectivity index (χ3n) is 15.8.